The smallest absolute Gasteiger partial charge is 0.317 e. The zero-order valence-electron chi connectivity index (χ0n) is 16.4. The lowest BCUT2D eigenvalue weighted by Crippen LogP contribution is -2.47. The van der Waals surface area contributed by atoms with Gasteiger partial charge in [-0.25, -0.2) is 0 Å². The summed E-state index contributed by atoms with van der Waals surface area (Å²) >= 11 is 0. The molecular weight excluding hydrogens is 361 g/mol. The fourth-order valence-electron chi connectivity index (χ4n) is 4.66. The SMILES string of the molecule is C/C=C1\C(=C/C)N2c3ccccc3C(C)(C)C2N1c1ccccc1C(F)(F)F. The summed E-state index contributed by atoms with van der Waals surface area (Å²) < 4.78 is 41.5. The maximum atomic E-state index is 13.8. The van der Waals surface area contributed by atoms with Crippen molar-refractivity contribution in [2.45, 2.75) is 45.5 Å². The maximum Gasteiger partial charge on any atom is 0.418 e. The van der Waals surface area contributed by atoms with Crippen LogP contribution in [-0.2, 0) is 11.6 Å². The molecule has 0 bridgehead atoms. The van der Waals surface area contributed by atoms with E-state index in [9.17, 15) is 13.2 Å². The first-order valence-electron chi connectivity index (χ1n) is 9.40. The van der Waals surface area contributed by atoms with Gasteiger partial charge in [0.05, 0.1) is 22.6 Å². The summed E-state index contributed by atoms with van der Waals surface area (Å²) in [6, 6.07) is 13.9. The van der Waals surface area contributed by atoms with Crippen LogP contribution >= 0.6 is 0 Å². The lowest BCUT2D eigenvalue weighted by atomic mass is 9.83. The lowest BCUT2D eigenvalue weighted by Gasteiger charge is -2.37. The van der Waals surface area contributed by atoms with E-state index in [0.29, 0.717) is 0 Å². The number of benzene rings is 2. The molecule has 0 aliphatic carbocycles. The number of fused-ring (bicyclic) bond motifs is 3. The van der Waals surface area contributed by atoms with Crippen molar-refractivity contribution in [3.63, 3.8) is 0 Å². The number of halogens is 3. The van der Waals surface area contributed by atoms with Crippen molar-refractivity contribution >= 4 is 11.4 Å². The van der Waals surface area contributed by atoms with Crippen LogP contribution in [0.5, 0.6) is 0 Å². The fraction of sp³-hybridized carbons (Fsp3) is 0.304. The maximum absolute atomic E-state index is 13.8. The molecule has 5 heteroatoms. The summed E-state index contributed by atoms with van der Waals surface area (Å²) in [7, 11) is 0. The minimum Gasteiger partial charge on any atom is -0.317 e. The Kier molecular flexibility index (Phi) is 4.11. The molecule has 2 aliphatic heterocycles. The van der Waals surface area contributed by atoms with Gasteiger partial charge in [-0.3, -0.25) is 0 Å². The molecule has 28 heavy (non-hydrogen) atoms. The first-order chi connectivity index (χ1) is 13.2. The van der Waals surface area contributed by atoms with E-state index < -0.39 is 11.7 Å². The molecule has 2 nitrogen and oxygen atoms in total. The van der Waals surface area contributed by atoms with Crippen LogP contribution in [-0.4, -0.2) is 6.17 Å². The van der Waals surface area contributed by atoms with Crippen molar-refractivity contribution in [1.29, 1.82) is 0 Å². The van der Waals surface area contributed by atoms with Crippen molar-refractivity contribution in [1.82, 2.24) is 0 Å². The highest BCUT2D eigenvalue weighted by atomic mass is 19.4. The zero-order chi connectivity index (χ0) is 20.3. The summed E-state index contributed by atoms with van der Waals surface area (Å²) in [4.78, 5) is 4.04. The molecule has 1 fully saturated rings. The van der Waals surface area contributed by atoms with Gasteiger partial charge in [0.25, 0.3) is 0 Å². The quantitative estimate of drug-likeness (QED) is 0.557. The second-order valence-electron chi connectivity index (χ2n) is 7.72. The second-order valence-corrected chi connectivity index (χ2v) is 7.72. The number of para-hydroxylation sites is 2. The second kappa shape index (κ2) is 6.16. The lowest BCUT2D eigenvalue weighted by molar-refractivity contribution is -0.137. The number of allylic oxidation sites excluding steroid dienone is 2. The molecule has 146 valence electrons. The summed E-state index contributed by atoms with van der Waals surface area (Å²) in [6.07, 6.45) is -0.809. The van der Waals surface area contributed by atoms with E-state index >= 15 is 0 Å². The molecule has 0 saturated carbocycles. The van der Waals surface area contributed by atoms with Crippen LogP contribution in [0.15, 0.2) is 72.1 Å². The summed E-state index contributed by atoms with van der Waals surface area (Å²) in [5.74, 6) is 0. The van der Waals surface area contributed by atoms with Gasteiger partial charge in [0.2, 0.25) is 0 Å². The first kappa shape index (κ1) is 18.7. The van der Waals surface area contributed by atoms with E-state index in [2.05, 4.69) is 24.8 Å². The van der Waals surface area contributed by atoms with Gasteiger partial charge in [0.15, 0.2) is 0 Å². The monoisotopic (exact) mass is 384 g/mol. The summed E-state index contributed by atoms with van der Waals surface area (Å²) in [6.45, 7) is 8.02. The molecule has 2 aromatic carbocycles. The van der Waals surface area contributed by atoms with Gasteiger partial charge >= 0.3 is 6.18 Å². The fourth-order valence-corrected chi connectivity index (χ4v) is 4.66. The Morgan fingerprint density at radius 1 is 0.821 bits per heavy atom. The van der Waals surface area contributed by atoms with E-state index in [1.54, 1.807) is 12.1 Å². The van der Waals surface area contributed by atoms with Crippen LogP contribution in [0, 0.1) is 0 Å². The Hall–Kier alpha value is -2.69. The number of alkyl halides is 3. The molecular formula is C23H23F3N2. The molecule has 1 saturated heterocycles. The van der Waals surface area contributed by atoms with Crippen LogP contribution in [0.2, 0.25) is 0 Å². The Bertz CT molecular complexity index is 985. The average Bonchev–Trinajstić information content (AvgIpc) is 3.12. The molecule has 2 heterocycles. The number of anilines is 2. The minimum atomic E-state index is -4.42. The highest BCUT2D eigenvalue weighted by molar-refractivity contribution is 5.80. The third kappa shape index (κ3) is 2.42. The van der Waals surface area contributed by atoms with Gasteiger partial charge in [-0.05, 0) is 37.6 Å². The predicted octanol–water partition coefficient (Wildman–Crippen LogP) is 6.46. The van der Waals surface area contributed by atoms with Crippen LogP contribution in [0.1, 0.15) is 38.8 Å². The van der Waals surface area contributed by atoms with Crippen molar-refractivity contribution < 1.29 is 13.2 Å². The summed E-state index contributed by atoms with van der Waals surface area (Å²) in [5, 5.41) is 0. The molecule has 1 unspecified atom stereocenters. The number of rotatable bonds is 1. The first-order valence-corrected chi connectivity index (χ1v) is 9.40. The van der Waals surface area contributed by atoms with Gasteiger partial charge in [-0.15, -0.1) is 0 Å². The molecule has 0 spiro atoms. The van der Waals surface area contributed by atoms with Gasteiger partial charge in [0.1, 0.15) is 6.17 Å². The van der Waals surface area contributed by atoms with Crippen molar-refractivity contribution in [2.75, 3.05) is 9.80 Å². The Morgan fingerprint density at radius 2 is 1.32 bits per heavy atom. The van der Waals surface area contributed by atoms with Gasteiger partial charge < -0.3 is 9.80 Å². The highest BCUT2D eigenvalue weighted by Crippen LogP contribution is 2.56. The van der Waals surface area contributed by atoms with E-state index in [1.807, 2.05) is 49.1 Å². The van der Waals surface area contributed by atoms with Gasteiger partial charge in [-0.2, -0.15) is 13.2 Å². The molecule has 0 aromatic heterocycles. The van der Waals surface area contributed by atoms with Crippen LogP contribution in [0.4, 0.5) is 24.5 Å². The highest BCUT2D eigenvalue weighted by Gasteiger charge is 2.55. The van der Waals surface area contributed by atoms with E-state index in [-0.39, 0.29) is 17.3 Å². The van der Waals surface area contributed by atoms with Crippen LogP contribution in [0.25, 0.3) is 0 Å². The molecule has 0 N–H and O–H groups in total. The van der Waals surface area contributed by atoms with Crippen LogP contribution in [0.3, 0.4) is 0 Å². The normalized spacial score (nSPS) is 23.5. The minimum absolute atomic E-state index is 0.191. The topological polar surface area (TPSA) is 6.48 Å². The Balaban J connectivity index is 2.01. The van der Waals surface area contributed by atoms with E-state index in [4.69, 9.17) is 0 Å². The molecule has 2 aromatic rings. The third-order valence-electron chi connectivity index (χ3n) is 5.79. The largest absolute Gasteiger partial charge is 0.418 e. The van der Waals surface area contributed by atoms with Crippen molar-refractivity contribution in [3.05, 3.63) is 83.2 Å². The molecule has 1 atom stereocenters. The van der Waals surface area contributed by atoms with E-state index in [1.165, 1.54) is 6.07 Å². The number of hydrogen-bond donors (Lipinski definition) is 0. The molecule has 4 rings (SSSR count). The number of nitrogens with zero attached hydrogens (tertiary/aromatic N) is 2. The Morgan fingerprint density at radius 3 is 1.89 bits per heavy atom. The Labute approximate surface area is 163 Å². The van der Waals surface area contributed by atoms with Crippen molar-refractivity contribution in [3.8, 4) is 0 Å². The average molecular weight is 384 g/mol. The van der Waals surface area contributed by atoms with E-state index in [0.717, 1.165) is 28.7 Å². The molecule has 2 aliphatic rings. The summed E-state index contributed by atoms with van der Waals surface area (Å²) in [5.41, 5.74) is 3.14. The molecule has 0 radical (unpaired) electrons. The van der Waals surface area contributed by atoms with Crippen LogP contribution < -0.4 is 9.80 Å². The molecule has 0 amide bonds. The van der Waals surface area contributed by atoms with Gasteiger partial charge in [0, 0.05) is 11.1 Å². The van der Waals surface area contributed by atoms with Crippen molar-refractivity contribution in [2.24, 2.45) is 0 Å². The van der Waals surface area contributed by atoms with Gasteiger partial charge in [-0.1, -0.05) is 56.3 Å². The predicted molar refractivity (Wildman–Crippen MR) is 107 cm³/mol. The number of hydrogen-bond acceptors (Lipinski definition) is 2. The third-order valence-corrected chi connectivity index (χ3v) is 5.79. The standard InChI is InChI=1S/C23H23F3N2/c1-5-17-18(6-2)28(20-14-10-8-12-16(20)23(24,25)26)21-22(3,4)15-11-7-9-13-19(15)27(17)21/h5-14,21H,1-4H3/b17-5+,18-6+. The zero-order valence-corrected chi connectivity index (χ0v) is 16.4.